The van der Waals surface area contributed by atoms with Crippen LogP contribution in [0.5, 0.6) is 0 Å². The summed E-state index contributed by atoms with van der Waals surface area (Å²) >= 11 is 0. The second-order valence-corrected chi connectivity index (χ2v) is 5.59. The number of hydrogen-bond acceptors (Lipinski definition) is 0. The molecule has 0 aromatic heterocycles. The van der Waals surface area contributed by atoms with E-state index in [0.717, 1.165) is 25.7 Å². The summed E-state index contributed by atoms with van der Waals surface area (Å²) in [7, 11) is 0. The van der Waals surface area contributed by atoms with Gasteiger partial charge in [0.2, 0.25) is 0 Å². The molecule has 1 aliphatic rings. The smallest absolute Gasteiger partial charge is 0.116 e. The number of alkyl halides is 1. The van der Waals surface area contributed by atoms with E-state index in [4.69, 9.17) is 0 Å². The highest BCUT2D eigenvalue weighted by molar-refractivity contribution is 5.06. The second-order valence-electron chi connectivity index (χ2n) is 5.59. The Hall–Kier alpha value is -0.0700. The van der Waals surface area contributed by atoms with Crippen LogP contribution in [0.25, 0.3) is 0 Å². The first-order chi connectivity index (χ1) is 7.08. The van der Waals surface area contributed by atoms with Gasteiger partial charge in [-0.25, -0.2) is 4.39 Å². The highest BCUT2D eigenvalue weighted by atomic mass is 19.1. The molecule has 0 amide bonds. The maximum absolute atomic E-state index is 14.3. The van der Waals surface area contributed by atoms with E-state index in [2.05, 4.69) is 20.8 Å². The van der Waals surface area contributed by atoms with Crippen LogP contribution in [0.1, 0.15) is 78.6 Å². The third-order valence-electron chi connectivity index (χ3n) is 4.18. The number of rotatable bonds is 8. The quantitative estimate of drug-likeness (QED) is 0.483. The molecule has 0 aromatic rings. The SMILES string of the molecule is CCCCCC(C)(CCCC)C1(F)CC1. The molecule has 0 nitrogen and oxygen atoms in total. The summed E-state index contributed by atoms with van der Waals surface area (Å²) in [5.41, 5.74) is -0.811. The highest BCUT2D eigenvalue weighted by Gasteiger charge is 2.56. The van der Waals surface area contributed by atoms with E-state index < -0.39 is 5.67 Å². The number of unbranched alkanes of at least 4 members (excludes halogenated alkanes) is 3. The van der Waals surface area contributed by atoms with E-state index in [1.807, 2.05) is 0 Å². The van der Waals surface area contributed by atoms with Crippen LogP contribution in [-0.4, -0.2) is 5.67 Å². The highest BCUT2D eigenvalue weighted by Crippen LogP contribution is 2.57. The van der Waals surface area contributed by atoms with Crippen molar-refractivity contribution in [2.45, 2.75) is 84.2 Å². The predicted molar refractivity (Wildman–Crippen MR) is 64.8 cm³/mol. The van der Waals surface area contributed by atoms with Gasteiger partial charge in [0.15, 0.2) is 0 Å². The van der Waals surface area contributed by atoms with Gasteiger partial charge < -0.3 is 0 Å². The van der Waals surface area contributed by atoms with Gasteiger partial charge in [-0.2, -0.15) is 0 Å². The van der Waals surface area contributed by atoms with Crippen LogP contribution in [0.2, 0.25) is 0 Å². The van der Waals surface area contributed by atoms with Crippen molar-refractivity contribution in [2.75, 3.05) is 0 Å². The van der Waals surface area contributed by atoms with Crippen LogP contribution < -0.4 is 0 Å². The van der Waals surface area contributed by atoms with Gasteiger partial charge >= 0.3 is 0 Å². The molecule has 0 aromatic carbocycles. The first-order valence-electron chi connectivity index (χ1n) is 6.77. The first kappa shape index (κ1) is 13.0. The van der Waals surface area contributed by atoms with Crippen LogP contribution in [0.15, 0.2) is 0 Å². The lowest BCUT2D eigenvalue weighted by atomic mass is 9.74. The number of halogens is 1. The second kappa shape index (κ2) is 5.32. The van der Waals surface area contributed by atoms with E-state index >= 15 is 0 Å². The van der Waals surface area contributed by atoms with Gasteiger partial charge in [-0.05, 0) is 25.7 Å². The van der Waals surface area contributed by atoms with Crippen LogP contribution in [-0.2, 0) is 0 Å². The molecule has 1 saturated carbocycles. The molecule has 1 rings (SSSR count). The molecule has 0 spiro atoms. The van der Waals surface area contributed by atoms with Crippen molar-refractivity contribution in [3.8, 4) is 0 Å². The Balaban J connectivity index is 2.44. The van der Waals surface area contributed by atoms with E-state index in [-0.39, 0.29) is 5.41 Å². The Kier molecular flexibility index (Phi) is 4.61. The maximum atomic E-state index is 14.3. The summed E-state index contributed by atoms with van der Waals surface area (Å²) in [5, 5.41) is 0. The molecule has 1 unspecified atom stereocenters. The van der Waals surface area contributed by atoms with Crippen LogP contribution >= 0.6 is 0 Å². The Morgan fingerprint density at radius 1 is 1.00 bits per heavy atom. The van der Waals surface area contributed by atoms with Crippen molar-refractivity contribution in [1.29, 1.82) is 0 Å². The Morgan fingerprint density at radius 2 is 1.53 bits per heavy atom. The van der Waals surface area contributed by atoms with Crippen molar-refractivity contribution in [3.63, 3.8) is 0 Å². The lowest BCUT2D eigenvalue weighted by molar-refractivity contribution is 0.0741. The predicted octanol–water partition coefficient (Wildman–Crippen LogP) is 5.27. The van der Waals surface area contributed by atoms with Gasteiger partial charge in [-0.15, -0.1) is 0 Å². The van der Waals surface area contributed by atoms with E-state index in [9.17, 15) is 4.39 Å². The minimum atomic E-state index is -0.796. The van der Waals surface area contributed by atoms with Gasteiger partial charge in [-0.1, -0.05) is 52.9 Å². The summed E-state index contributed by atoms with van der Waals surface area (Å²) in [4.78, 5) is 0. The molecule has 15 heavy (non-hydrogen) atoms. The molecule has 0 radical (unpaired) electrons. The van der Waals surface area contributed by atoms with E-state index in [0.29, 0.717) is 0 Å². The number of hydrogen-bond donors (Lipinski definition) is 0. The summed E-state index contributed by atoms with van der Waals surface area (Å²) in [6, 6.07) is 0. The molecule has 0 aliphatic heterocycles. The lowest BCUT2D eigenvalue weighted by Gasteiger charge is -2.33. The fourth-order valence-electron chi connectivity index (χ4n) is 2.62. The van der Waals surface area contributed by atoms with Crippen molar-refractivity contribution in [3.05, 3.63) is 0 Å². The zero-order valence-corrected chi connectivity index (χ0v) is 10.7. The summed E-state index contributed by atoms with van der Waals surface area (Å²) in [6.45, 7) is 6.60. The third kappa shape index (κ3) is 3.19. The van der Waals surface area contributed by atoms with E-state index in [1.165, 1.54) is 32.1 Å². The molecule has 1 atom stereocenters. The molecule has 1 aliphatic carbocycles. The maximum Gasteiger partial charge on any atom is 0.116 e. The summed E-state index contributed by atoms with van der Waals surface area (Å²) < 4.78 is 14.3. The Morgan fingerprint density at radius 3 is 2.00 bits per heavy atom. The molecule has 0 bridgehead atoms. The molecule has 1 fully saturated rings. The zero-order valence-electron chi connectivity index (χ0n) is 10.7. The molecule has 0 N–H and O–H groups in total. The van der Waals surface area contributed by atoms with Gasteiger partial charge in [0.25, 0.3) is 0 Å². The standard InChI is InChI=1S/C14H27F/c1-4-6-8-10-13(3,9-7-5-2)14(15)11-12-14/h4-12H2,1-3H3. The molecule has 0 heterocycles. The average Bonchev–Trinajstić information content (AvgIpc) is 2.96. The van der Waals surface area contributed by atoms with Gasteiger partial charge in [0.05, 0.1) is 0 Å². The lowest BCUT2D eigenvalue weighted by Crippen LogP contribution is -2.30. The third-order valence-corrected chi connectivity index (χ3v) is 4.18. The first-order valence-corrected chi connectivity index (χ1v) is 6.77. The fraction of sp³-hybridized carbons (Fsp3) is 1.00. The monoisotopic (exact) mass is 214 g/mol. The molecular formula is C14H27F. The normalized spacial score (nSPS) is 22.4. The molecule has 0 saturated heterocycles. The van der Waals surface area contributed by atoms with Crippen molar-refractivity contribution < 1.29 is 4.39 Å². The molecular weight excluding hydrogens is 187 g/mol. The van der Waals surface area contributed by atoms with Crippen molar-refractivity contribution >= 4 is 0 Å². The van der Waals surface area contributed by atoms with Gasteiger partial charge in [0.1, 0.15) is 5.67 Å². The topological polar surface area (TPSA) is 0 Å². The average molecular weight is 214 g/mol. The van der Waals surface area contributed by atoms with Crippen LogP contribution in [0.4, 0.5) is 4.39 Å². The van der Waals surface area contributed by atoms with Gasteiger partial charge in [-0.3, -0.25) is 0 Å². The minimum Gasteiger partial charge on any atom is -0.243 e. The summed E-state index contributed by atoms with van der Waals surface area (Å²) in [6.07, 6.45) is 9.91. The Bertz CT molecular complexity index is 184. The molecule has 1 heteroatoms. The van der Waals surface area contributed by atoms with E-state index in [1.54, 1.807) is 0 Å². The van der Waals surface area contributed by atoms with Crippen molar-refractivity contribution in [2.24, 2.45) is 5.41 Å². The fourth-order valence-corrected chi connectivity index (χ4v) is 2.62. The van der Waals surface area contributed by atoms with Crippen LogP contribution in [0, 0.1) is 5.41 Å². The van der Waals surface area contributed by atoms with Gasteiger partial charge in [0, 0.05) is 5.41 Å². The Labute approximate surface area is 94.6 Å². The molecule has 90 valence electrons. The largest absolute Gasteiger partial charge is 0.243 e. The summed E-state index contributed by atoms with van der Waals surface area (Å²) in [5.74, 6) is 0. The minimum absolute atomic E-state index is 0.0157. The zero-order chi connectivity index (χ0) is 11.4. The van der Waals surface area contributed by atoms with Crippen molar-refractivity contribution in [1.82, 2.24) is 0 Å². The van der Waals surface area contributed by atoms with Crippen LogP contribution in [0.3, 0.4) is 0 Å².